The fourth-order valence-electron chi connectivity index (χ4n) is 4.48. The summed E-state index contributed by atoms with van der Waals surface area (Å²) in [7, 11) is 0. The van der Waals surface area contributed by atoms with E-state index in [9.17, 15) is 19.8 Å². The van der Waals surface area contributed by atoms with E-state index >= 15 is 0 Å². The van der Waals surface area contributed by atoms with Crippen molar-refractivity contribution in [2.75, 3.05) is 11.5 Å². The van der Waals surface area contributed by atoms with E-state index in [1.807, 2.05) is 18.2 Å². The van der Waals surface area contributed by atoms with E-state index in [4.69, 9.17) is 4.74 Å². The highest BCUT2D eigenvalue weighted by Gasteiger charge is 2.48. The van der Waals surface area contributed by atoms with Crippen LogP contribution >= 0.6 is 0 Å². The molecule has 1 aliphatic heterocycles. The fourth-order valence-corrected chi connectivity index (χ4v) is 4.48. The largest absolute Gasteiger partial charge is 0.508 e. The van der Waals surface area contributed by atoms with E-state index in [-0.39, 0.29) is 23.0 Å². The van der Waals surface area contributed by atoms with E-state index in [1.54, 1.807) is 42.5 Å². The van der Waals surface area contributed by atoms with Gasteiger partial charge in [-0.05, 0) is 60.5 Å². The molecule has 4 aromatic rings. The summed E-state index contributed by atoms with van der Waals surface area (Å²) in [5.41, 5.74) is 2.20. The molecule has 0 bridgehead atoms. The number of para-hydroxylation sites is 2. The number of anilines is 1. The SMILES string of the molecule is CCCCCOc1ccc(/C(O)=C2\C(=O)C(=O)N(c3nc4ccccc4[nH]3)C2c2ccc(O)cc2)cc1. The van der Waals surface area contributed by atoms with Crippen LogP contribution in [0.1, 0.15) is 43.4 Å². The quantitative estimate of drug-likeness (QED) is 0.129. The number of aliphatic hydroxyl groups is 1. The lowest BCUT2D eigenvalue weighted by Crippen LogP contribution is -2.30. The molecule has 188 valence electrons. The van der Waals surface area contributed by atoms with Gasteiger partial charge in [0.25, 0.3) is 5.78 Å². The number of amides is 1. The van der Waals surface area contributed by atoms with Gasteiger partial charge in [0, 0.05) is 5.56 Å². The Morgan fingerprint density at radius 2 is 1.73 bits per heavy atom. The summed E-state index contributed by atoms with van der Waals surface area (Å²) in [6.07, 6.45) is 3.14. The molecule has 37 heavy (non-hydrogen) atoms. The molecule has 1 aliphatic rings. The fraction of sp³-hybridized carbons (Fsp3) is 0.207. The summed E-state index contributed by atoms with van der Waals surface area (Å²) in [5, 5.41) is 21.1. The Hall–Kier alpha value is -4.59. The van der Waals surface area contributed by atoms with Crippen LogP contribution in [0.2, 0.25) is 0 Å². The molecule has 2 heterocycles. The Balaban J connectivity index is 1.56. The maximum atomic E-state index is 13.3. The number of aromatic nitrogens is 2. The first kappa shape index (κ1) is 24.1. The van der Waals surface area contributed by atoms with Gasteiger partial charge in [-0.25, -0.2) is 4.98 Å². The van der Waals surface area contributed by atoms with Gasteiger partial charge in [0.1, 0.15) is 17.3 Å². The number of phenolic OH excluding ortho intramolecular Hbond substituents is 1. The Labute approximate surface area is 213 Å². The Morgan fingerprint density at radius 3 is 2.43 bits per heavy atom. The molecule has 0 aliphatic carbocycles. The van der Waals surface area contributed by atoms with Crippen LogP contribution in [0.5, 0.6) is 11.5 Å². The smallest absolute Gasteiger partial charge is 0.302 e. The Kier molecular flexibility index (Phi) is 6.64. The third-order valence-corrected chi connectivity index (χ3v) is 6.40. The second kappa shape index (κ2) is 10.2. The maximum Gasteiger partial charge on any atom is 0.302 e. The van der Waals surface area contributed by atoms with Crippen molar-refractivity contribution >= 4 is 34.4 Å². The van der Waals surface area contributed by atoms with Crippen molar-refractivity contribution in [3.8, 4) is 11.5 Å². The number of nitrogens with one attached hydrogen (secondary N) is 1. The number of nitrogens with zero attached hydrogens (tertiary/aromatic N) is 2. The number of hydrogen-bond donors (Lipinski definition) is 3. The van der Waals surface area contributed by atoms with Gasteiger partial charge in [0.2, 0.25) is 5.95 Å². The van der Waals surface area contributed by atoms with Crippen LogP contribution in [0.3, 0.4) is 0 Å². The zero-order valence-electron chi connectivity index (χ0n) is 20.3. The number of aromatic hydroxyl groups is 1. The number of imidazole rings is 1. The molecule has 1 unspecified atom stereocenters. The number of ether oxygens (including phenoxy) is 1. The molecular formula is C29H27N3O5. The first-order valence-corrected chi connectivity index (χ1v) is 12.3. The number of Topliss-reactive ketones (excluding diaryl/α,β-unsaturated/α-hetero) is 1. The van der Waals surface area contributed by atoms with Crippen molar-refractivity contribution in [3.63, 3.8) is 0 Å². The average Bonchev–Trinajstić information content (AvgIpc) is 3.45. The van der Waals surface area contributed by atoms with E-state index in [0.29, 0.717) is 34.5 Å². The molecule has 1 saturated heterocycles. The number of carbonyl (C=O) groups excluding carboxylic acids is 2. The molecular weight excluding hydrogens is 470 g/mol. The van der Waals surface area contributed by atoms with Crippen LogP contribution in [0.15, 0.2) is 78.4 Å². The predicted molar refractivity (Wildman–Crippen MR) is 140 cm³/mol. The van der Waals surface area contributed by atoms with Crippen LogP contribution in [0, 0.1) is 0 Å². The zero-order valence-corrected chi connectivity index (χ0v) is 20.3. The summed E-state index contributed by atoms with van der Waals surface area (Å²) >= 11 is 0. The average molecular weight is 498 g/mol. The van der Waals surface area contributed by atoms with Crippen LogP contribution in [0.4, 0.5) is 5.95 Å². The second-order valence-electron chi connectivity index (χ2n) is 8.92. The summed E-state index contributed by atoms with van der Waals surface area (Å²) in [6, 6.07) is 19.3. The highest BCUT2D eigenvalue weighted by Crippen LogP contribution is 2.42. The number of rotatable bonds is 8. The molecule has 0 radical (unpaired) electrons. The molecule has 5 rings (SSSR count). The molecule has 0 spiro atoms. The minimum absolute atomic E-state index is 0.0407. The zero-order chi connectivity index (χ0) is 25.9. The molecule has 0 saturated carbocycles. The normalized spacial score (nSPS) is 17.0. The number of phenols is 1. The molecule has 1 atom stereocenters. The Morgan fingerprint density at radius 1 is 1.00 bits per heavy atom. The number of carbonyl (C=O) groups is 2. The highest BCUT2D eigenvalue weighted by molar-refractivity contribution is 6.51. The molecule has 1 amide bonds. The number of aromatic amines is 1. The topological polar surface area (TPSA) is 116 Å². The number of aliphatic hydroxyl groups excluding tert-OH is 1. The number of ketones is 1. The van der Waals surface area contributed by atoms with Gasteiger partial charge in [-0.15, -0.1) is 0 Å². The summed E-state index contributed by atoms with van der Waals surface area (Å²) < 4.78 is 5.75. The number of unbranched alkanes of at least 4 members (excludes halogenated alkanes) is 2. The molecule has 3 N–H and O–H groups in total. The molecule has 1 fully saturated rings. The first-order chi connectivity index (χ1) is 18.0. The molecule has 1 aromatic heterocycles. The monoisotopic (exact) mass is 497 g/mol. The van der Waals surface area contributed by atoms with Crippen molar-refractivity contribution in [3.05, 3.63) is 89.5 Å². The summed E-state index contributed by atoms with van der Waals surface area (Å²) in [6.45, 7) is 2.73. The molecule has 3 aromatic carbocycles. The highest BCUT2D eigenvalue weighted by atomic mass is 16.5. The summed E-state index contributed by atoms with van der Waals surface area (Å²) in [4.78, 5) is 35.5. The van der Waals surface area contributed by atoms with Crippen LogP contribution < -0.4 is 9.64 Å². The first-order valence-electron chi connectivity index (χ1n) is 12.3. The van der Waals surface area contributed by atoms with Crippen molar-refractivity contribution in [1.29, 1.82) is 0 Å². The maximum absolute atomic E-state index is 13.3. The van der Waals surface area contributed by atoms with E-state index < -0.39 is 17.7 Å². The van der Waals surface area contributed by atoms with Crippen LogP contribution in [-0.2, 0) is 9.59 Å². The van der Waals surface area contributed by atoms with E-state index in [1.165, 1.54) is 17.0 Å². The summed E-state index contributed by atoms with van der Waals surface area (Å²) in [5.74, 6) is -1.04. The molecule has 8 heteroatoms. The van der Waals surface area contributed by atoms with Gasteiger partial charge in [-0.1, -0.05) is 44.0 Å². The van der Waals surface area contributed by atoms with Crippen molar-refractivity contribution in [2.24, 2.45) is 0 Å². The lowest BCUT2D eigenvalue weighted by Gasteiger charge is -2.23. The predicted octanol–water partition coefficient (Wildman–Crippen LogP) is 5.46. The van der Waals surface area contributed by atoms with Crippen molar-refractivity contribution in [2.45, 2.75) is 32.2 Å². The van der Waals surface area contributed by atoms with Gasteiger partial charge < -0.3 is 19.9 Å². The van der Waals surface area contributed by atoms with Gasteiger partial charge in [-0.2, -0.15) is 0 Å². The van der Waals surface area contributed by atoms with E-state index in [2.05, 4.69) is 16.9 Å². The third kappa shape index (κ3) is 4.65. The van der Waals surface area contributed by atoms with Gasteiger partial charge in [0.15, 0.2) is 0 Å². The van der Waals surface area contributed by atoms with E-state index in [0.717, 1.165) is 19.3 Å². The number of hydrogen-bond acceptors (Lipinski definition) is 6. The second-order valence-corrected chi connectivity index (χ2v) is 8.92. The third-order valence-electron chi connectivity index (χ3n) is 6.40. The lowest BCUT2D eigenvalue weighted by molar-refractivity contribution is -0.132. The molecule has 8 nitrogen and oxygen atoms in total. The lowest BCUT2D eigenvalue weighted by atomic mass is 9.95. The van der Waals surface area contributed by atoms with Crippen molar-refractivity contribution in [1.82, 2.24) is 9.97 Å². The Bertz CT molecular complexity index is 1440. The number of fused-ring (bicyclic) bond motifs is 1. The van der Waals surface area contributed by atoms with Gasteiger partial charge in [-0.3, -0.25) is 14.5 Å². The minimum Gasteiger partial charge on any atom is -0.508 e. The van der Waals surface area contributed by atoms with Gasteiger partial charge >= 0.3 is 5.91 Å². The standard InChI is InChI=1S/C29H27N3O5/c1-2-3-6-17-37-21-15-11-19(12-16-21)26(34)24-25(18-9-13-20(33)14-10-18)32(28(36)27(24)35)29-30-22-7-4-5-8-23(22)31-29/h4-5,7-16,25,33-34H,2-3,6,17H2,1H3,(H,30,31)/b26-24+. The number of H-pyrrole nitrogens is 1. The van der Waals surface area contributed by atoms with Crippen molar-refractivity contribution < 1.29 is 24.5 Å². The minimum atomic E-state index is -0.953. The number of benzene rings is 3. The van der Waals surface area contributed by atoms with Gasteiger partial charge in [0.05, 0.1) is 29.3 Å². The van der Waals surface area contributed by atoms with Crippen LogP contribution in [-0.4, -0.2) is 38.5 Å². The van der Waals surface area contributed by atoms with Crippen LogP contribution in [0.25, 0.3) is 16.8 Å².